The molecule has 5 rings (SSSR count). The van der Waals surface area contributed by atoms with Crippen molar-refractivity contribution in [2.24, 2.45) is 0 Å². The van der Waals surface area contributed by atoms with Gasteiger partial charge < -0.3 is 0 Å². The zero-order valence-corrected chi connectivity index (χ0v) is 31.8. The Kier molecular flexibility index (Phi) is 14.9. The van der Waals surface area contributed by atoms with Crippen molar-refractivity contribution in [3.8, 4) is 33.4 Å². The second-order valence-corrected chi connectivity index (χ2v) is 14.9. The van der Waals surface area contributed by atoms with Crippen LogP contribution >= 0.6 is 11.7 Å². The van der Waals surface area contributed by atoms with Gasteiger partial charge in [0.15, 0.2) is 0 Å². The molecular formula is C46H60N2S. The summed E-state index contributed by atoms with van der Waals surface area (Å²) in [5.41, 5.74) is 15.0. The number of aryl methyl sites for hydroxylation is 4. The van der Waals surface area contributed by atoms with Crippen molar-refractivity contribution in [2.45, 2.75) is 143 Å². The molecule has 0 atom stereocenters. The van der Waals surface area contributed by atoms with E-state index in [1.807, 2.05) is 0 Å². The molecule has 0 unspecified atom stereocenters. The van der Waals surface area contributed by atoms with E-state index in [0.29, 0.717) is 0 Å². The molecule has 0 N–H and O–H groups in total. The third kappa shape index (κ3) is 10.4. The van der Waals surface area contributed by atoms with Gasteiger partial charge in [0.05, 0.1) is 11.7 Å². The molecule has 3 heteroatoms. The molecule has 5 aromatic rings. The Bertz CT molecular complexity index is 1700. The van der Waals surface area contributed by atoms with Gasteiger partial charge in [0, 0.05) is 5.56 Å². The van der Waals surface area contributed by atoms with E-state index in [1.54, 1.807) is 0 Å². The number of aromatic nitrogens is 2. The third-order valence-corrected chi connectivity index (χ3v) is 11.0. The number of rotatable bonds is 21. The topological polar surface area (TPSA) is 25.8 Å². The van der Waals surface area contributed by atoms with Crippen molar-refractivity contribution in [3.63, 3.8) is 0 Å². The van der Waals surface area contributed by atoms with Crippen LogP contribution in [0.1, 0.15) is 139 Å². The highest BCUT2D eigenvalue weighted by molar-refractivity contribution is 7.00. The zero-order chi connectivity index (χ0) is 34.3. The fraction of sp³-hybridized carbons (Fsp3) is 0.478. The van der Waals surface area contributed by atoms with Crippen LogP contribution in [0.4, 0.5) is 0 Å². The fourth-order valence-corrected chi connectivity index (χ4v) is 8.03. The van der Waals surface area contributed by atoms with Crippen molar-refractivity contribution < 1.29 is 0 Å². The summed E-state index contributed by atoms with van der Waals surface area (Å²) in [7, 11) is 0. The lowest BCUT2D eigenvalue weighted by Gasteiger charge is -2.20. The molecule has 0 aliphatic rings. The standard InChI is InChI=1S/C46H60N2S/c1-5-7-9-11-13-15-17-19-21-37-25-29-39(30-26-37)43-35(3)23-33-41(42-34-24-36(4)45-46(42)48-49-47-45)44(43)40-31-27-38(28-32-40)22-20-18-16-14-12-10-8-6-2/h23-34H,5-22H2,1-4H3. The minimum atomic E-state index is 1.01. The van der Waals surface area contributed by atoms with Crippen molar-refractivity contribution in [1.29, 1.82) is 0 Å². The van der Waals surface area contributed by atoms with Gasteiger partial charge in [0.1, 0.15) is 11.0 Å². The van der Waals surface area contributed by atoms with E-state index in [1.165, 1.54) is 177 Å². The molecule has 0 radical (unpaired) electrons. The summed E-state index contributed by atoms with van der Waals surface area (Å²) >= 11 is 1.31. The van der Waals surface area contributed by atoms with E-state index >= 15 is 0 Å². The van der Waals surface area contributed by atoms with Crippen LogP contribution in [-0.4, -0.2) is 8.75 Å². The van der Waals surface area contributed by atoms with Gasteiger partial charge in [-0.2, -0.15) is 8.75 Å². The lowest BCUT2D eigenvalue weighted by molar-refractivity contribution is 0.575. The van der Waals surface area contributed by atoms with Crippen molar-refractivity contribution in [1.82, 2.24) is 8.75 Å². The maximum Gasteiger partial charge on any atom is 0.112 e. The molecule has 4 aromatic carbocycles. The summed E-state index contributed by atoms with van der Waals surface area (Å²) in [4.78, 5) is 0. The highest BCUT2D eigenvalue weighted by Gasteiger charge is 2.20. The largest absolute Gasteiger partial charge is 0.173 e. The van der Waals surface area contributed by atoms with Crippen LogP contribution in [0.3, 0.4) is 0 Å². The quantitative estimate of drug-likeness (QED) is 0.0725. The molecule has 0 fully saturated rings. The van der Waals surface area contributed by atoms with E-state index in [-0.39, 0.29) is 0 Å². The normalized spacial score (nSPS) is 11.5. The molecule has 0 spiro atoms. The highest BCUT2D eigenvalue weighted by Crippen LogP contribution is 2.44. The van der Waals surface area contributed by atoms with Gasteiger partial charge in [0.25, 0.3) is 0 Å². The van der Waals surface area contributed by atoms with E-state index in [9.17, 15) is 0 Å². The second-order valence-electron chi connectivity index (χ2n) is 14.4. The van der Waals surface area contributed by atoms with Crippen LogP contribution in [0, 0.1) is 13.8 Å². The van der Waals surface area contributed by atoms with Gasteiger partial charge >= 0.3 is 0 Å². The van der Waals surface area contributed by atoms with Crippen LogP contribution in [0.15, 0.2) is 72.8 Å². The molecule has 1 aromatic heterocycles. The molecule has 49 heavy (non-hydrogen) atoms. The lowest BCUT2D eigenvalue weighted by Crippen LogP contribution is -1.96. The first-order chi connectivity index (χ1) is 24.1. The van der Waals surface area contributed by atoms with Gasteiger partial charge in [-0.3, -0.25) is 0 Å². The fourth-order valence-electron chi connectivity index (χ4n) is 7.41. The monoisotopic (exact) mass is 672 g/mol. The van der Waals surface area contributed by atoms with E-state index in [2.05, 4.69) is 105 Å². The number of fused-ring (bicyclic) bond motifs is 1. The average Bonchev–Trinajstić information content (AvgIpc) is 3.63. The molecule has 0 saturated heterocycles. The van der Waals surface area contributed by atoms with Crippen LogP contribution in [-0.2, 0) is 12.8 Å². The SMILES string of the molecule is CCCCCCCCCCc1ccc(-c2c(C)ccc(-c3ccc(C)c4nsnc34)c2-c2ccc(CCCCCCCCCC)cc2)cc1. The van der Waals surface area contributed by atoms with Crippen LogP contribution in [0.5, 0.6) is 0 Å². The number of nitrogens with zero attached hydrogens (tertiary/aromatic N) is 2. The maximum absolute atomic E-state index is 4.80. The first-order valence-corrected chi connectivity index (χ1v) is 20.4. The lowest BCUT2D eigenvalue weighted by atomic mass is 9.84. The molecule has 0 aliphatic heterocycles. The summed E-state index contributed by atoms with van der Waals surface area (Å²) in [5.74, 6) is 0. The summed E-state index contributed by atoms with van der Waals surface area (Å²) in [6.45, 7) is 8.99. The van der Waals surface area contributed by atoms with Crippen molar-refractivity contribution in [2.75, 3.05) is 0 Å². The Morgan fingerprint density at radius 2 is 0.837 bits per heavy atom. The molecule has 260 valence electrons. The first-order valence-electron chi connectivity index (χ1n) is 19.6. The van der Waals surface area contributed by atoms with Gasteiger partial charge in [0.2, 0.25) is 0 Å². The van der Waals surface area contributed by atoms with Gasteiger partial charge in [-0.1, -0.05) is 177 Å². The smallest absolute Gasteiger partial charge is 0.112 e. The summed E-state index contributed by atoms with van der Waals surface area (Å²) < 4.78 is 9.47. The Morgan fingerprint density at radius 1 is 0.408 bits per heavy atom. The summed E-state index contributed by atoms with van der Waals surface area (Å²) in [5, 5.41) is 0. The van der Waals surface area contributed by atoms with Crippen LogP contribution in [0.2, 0.25) is 0 Å². The molecule has 1 heterocycles. The number of unbranched alkanes of at least 4 members (excludes halogenated alkanes) is 14. The Balaban J connectivity index is 1.37. The Hall–Kier alpha value is -3.30. The number of hydrogen-bond donors (Lipinski definition) is 0. The maximum atomic E-state index is 4.80. The van der Waals surface area contributed by atoms with E-state index < -0.39 is 0 Å². The zero-order valence-electron chi connectivity index (χ0n) is 31.0. The summed E-state index contributed by atoms with van der Waals surface area (Å²) in [6, 6.07) is 28.0. The van der Waals surface area contributed by atoms with Gasteiger partial charge in [-0.15, -0.1) is 0 Å². The van der Waals surface area contributed by atoms with Crippen LogP contribution in [0.25, 0.3) is 44.4 Å². The molecule has 0 amide bonds. The Morgan fingerprint density at radius 3 is 1.37 bits per heavy atom. The average molecular weight is 673 g/mol. The predicted molar refractivity (Wildman–Crippen MR) is 216 cm³/mol. The van der Waals surface area contributed by atoms with Gasteiger partial charge in [-0.05, 0) is 89.6 Å². The molecule has 0 saturated carbocycles. The third-order valence-electron chi connectivity index (χ3n) is 10.4. The molecular weight excluding hydrogens is 613 g/mol. The first kappa shape index (κ1) is 37.0. The minimum absolute atomic E-state index is 1.01. The number of hydrogen-bond acceptors (Lipinski definition) is 3. The molecule has 2 nitrogen and oxygen atoms in total. The number of benzene rings is 4. The van der Waals surface area contributed by atoms with Gasteiger partial charge in [-0.25, -0.2) is 0 Å². The van der Waals surface area contributed by atoms with Crippen LogP contribution < -0.4 is 0 Å². The predicted octanol–water partition coefficient (Wildman–Crippen LogP) is 14.7. The van der Waals surface area contributed by atoms with E-state index in [0.717, 1.165) is 17.5 Å². The summed E-state index contributed by atoms with van der Waals surface area (Å²) in [6.07, 6.45) is 24.1. The van der Waals surface area contributed by atoms with E-state index in [4.69, 9.17) is 4.37 Å². The minimum Gasteiger partial charge on any atom is -0.173 e. The van der Waals surface area contributed by atoms with Crippen molar-refractivity contribution >= 4 is 22.8 Å². The Labute approximate surface area is 302 Å². The van der Waals surface area contributed by atoms with Crippen molar-refractivity contribution in [3.05, 3.63) is 95.1 Å². The highest BCUT2D eigenvalue weighted by atomic mass is 32.1. The second kappa shape index (κ2) is 19.8. The molecule has 0 bridgehead atoms. The molecule has 0 aliphatic carbocycles.